The van der Waals surface area contributed by atoms with Gasteiger partial charge in [-0.25, -0.2) is 4.98 Å². The molecule has 0 spiro atoms. The molecule has 3 rings (SSSR count). The largest absolute Gasteiger partial charge is 0.369 e. The van der Waals surface area contributed by atoms with E-state index in [4.69, 9.17) is 17.3 Å². The monoisotopic (exact) mass is 318 g/mol. The number of aromatic nitrogens is 1. The van der Waals surface area contributed by atoms with E-state index in [9.17, 15) is 4.79 Å². The highest BCUT2D eigenvalue weighted by Crippen LogP contribution is 2.35. The molecule has 2 heterocycles. The number of anilines is 1. The number of nitrogens with one attached hydrogen (secondary N) is 1. The molecule has 22 heavy (non-hydrogen) atoms. The molecule has 0 bridgehead atoms. The van der Waals surface area contributed by atoms with Gasteiger partial charge in [0.1, 0.15) is 0 Å². The second kappa shape index (κ2) is 6.10. The van der Waals surface area contributed by atoms with Gasteiger partial charge in [0.2, 0.25) is 5.91 Å². The molecule has 1 amide bonds. The van der Waals surface area contributed by atoms with Crippen LogP contribution in [-0.2, 0) is 11.2 Å². The fourth-order valence-electron chi connectivity index (χ4n) is 2.96. The van der Waals surface area contributed by atoms with E-state index in [2.05, 4.69) is 15.2 Å². The van der Waals surface area contributed by atoms with Crippen molar-refractivity contribution >= 4 is 34.1 Å². The molecule has 1 fully saturated rings. The number of benzene rings is 1. The van der Waals surface area contributed by atoms with Gasteiger partial charge < -0.3 is 16.0 Å². The number of pyridine rings is 1. The molecule has 116 valence electrons. The Bertz CT molecular complexity index is 726. The molecule has 6 heteroatoms. The summed E-state index contributed by atoms with van der Waals surface area (Å²) in [5.41, 5.74) is 9.11. The van der Waals surface area contributed by atoms with Crippen LogP contribution in [-0.4, -0.2) is 37.1 Å². The van der Waals surface area contributed by atoms with E-state index in [1.807, 2.05) is 25.1 Å². The van der Waals surface area contributed by atoms with E-state index in [-0.39, 0.29) is 12.3 Å². The number of carbonyl (C=O) groups is 1. The Balaban J connectivity index is 2.23. The van der Waals surface area contributed by atoms with Gasteiger partial charge in [-0.2, -0.15) is 0 Å². The van der Waals surface area contributed by atoms with Crippen LogP contribution in [0.1, 0.15) is 11.1 Å². The number of piperazine rings is 1. The Labute approximate surface area is 134 Å². The Kier molecular flexibility index (Phi) is 4.18. The van der Waals surface area contributed by atoms with E-state index in [1.165, 1.54) is 0 Å². The normalized spacial score (nSPS) is 15.3. The summed E-state index contributed by atoms with van der Waals surface area (Å²) in [7, 11) is 0. The average molecular weight is 319 g/mol. The van der Waals surface area contributed by atoms with E-state index < -0.39 is 0 Å². The quantitative estimate of drug-likeness (QED) is 0.844. The van der Waals surface area contributed by atoms with Gasteiger partial charge in [0.05, 0.1) is 17.6 Å². The minimum atomic E-state index is -0.360. The number of carbonyl (C=O) groups excluding carboxylic acids is 1. The van der Waals surface area contributed by atoms with Gasteiger partial charge in [0.25, 0.3) is 0 Å². The molecular weight excluding hydrogens is 300 g/mol. The highest BCUT2D eigenvalue weighted by molar-refractivity contribution is 6.33. The second-order valence-corrected chi connectivity index (χ2v) is 5.99. The van der Waals surface area contributed by atoms with Crippen molar-refractivity contribution in [3.05, 3.63) is 34.5 Å². The van der Waals surface area contributed by atoms with Crippen molar-refractivity contribution in [3.8, 4) is 0 Å². The van der Waals surface area contributed by atoms with Crippen LogP contribution in [0.5, 0.6) is 0 Å². The predicted molar refractivity (Wildman–Crippen MR) is 89.5 cm³/mol. The lowest BCUT2D eigenvalue weighted by Gasteiger charge is -2.32. The van der Waals surface area contributed by atoms with Crippen LogP contribution in [0.2, 0.25) is 5.15 Å². The Hall–Kier alpha value is -1.85. The maximum absolute atomic E-state index is 11.6. The molecule has 0 atom stereocenters. The Morgan fingerprint density at radius 3 is 2.82 bits per heavy atom. The van der Waals surface area contributed by atoms with Gasteiger partial charge in [0, 0.05) is 31.6 Å². The summed E-state index contributed by atoms with van der Waals surface area (Å²) in [5, 5.41) is 4.71. The molecule has 1 aliphatic heterocycles. The molecule has 1 saturated heterocycles. The standard InChI is InChI=1S/C16H19ClN4O/c1-10-2-3-13-11(8-10)12(9-14(18)22)15(16(17)20-13)21-6-4-19-5-7-21/h2-3,8,19H,4-7,9H2,1H3,(H2,18,22). The first-order chi connectivity index (χ1) is 10.6. The third kappa shape index (κ3) is 2.87. The zero-order valence-corrected chi connectivity index (χ0v) is 13.3. The van der Waals surface area contributed by atoms with Crippen molar-refractivity contribution in [2.45, 2.75) is 13.3 Å². The first-order valence-corrected chi connectivity index (χ1v) is 7.77. The van der Waals surface area contributed by atoms with Gasteiger partial charge in [0.15, 0.2) is 5.15 Å². The minimum absolute atomic E-state index is 0.168. The average Bonchev–Trinajstić information content (AvgIpc) is 2.48. The first-order valence-electron chi connectivity index (χ1n) is 7.39. The summed E-state index contributed by atoms with van der Waals surface area (Å²) >= 11 is 6.44. The number of rotatable bonds is 3. The summed E-state index contributed by atoms with van der Waals surface area (Å²) < 4.78 is 0. The minimum Gasteiger partial charge on any atom is -0.369 e. The van der Waals surface area contributed by atoms with Crippen LogP contribution in [0.25, 0.3) is 10.9 Å². The fraction of sp³-hybridized carbons (Fsp3) is 0.375. The van der Waals surface area contributed by atoms with Crippen LogP contribution in [0.4, 0.5) is 5.69 Å². The smallest absolute Gasteiger partial charge is 0.221 e. The highest BCUT2D eigenvalue weighted by Gasteiger charge is 2.22. The molecule has 0 saturated carbocycles. The lowest BCUT2D eigenvalue weighted by atomic mass is 10.0. The zero-order chi connectivity index (χ0) is 15.7. The Morgan fingerprint density at radius 2 is 2.14 bits per heavy atom. The molecule has 5 nitrogen and oxygen atoms in total. The molecule has 2 aromatic rings. The van der Waals surface area contributed by atoms with Crippen LogP contribution in [0.15, 0.2) is 18.2 Å². The topological polar surface area (TPSA) is 71.2 Å². The molecule has 1 aromatic heterocycles. The number of nitrogens with two attached hydrogens (primary N) is 1. The lowest BCUT2D eigenvalue weighted by Crippen LogP contribution is -2.44. The van der Waals surface area contributed by atoms with Crippen molar-refractivity contribution in [2.75, 3.05) is 31.1 Å². The number of nitrogens with zero attached hydrogens (tertiary/aromatic N) is 2. The third-order valence-corrected chi connectivity index (χ3v) is 4.22. The molecular formula is C16H19ClN4O. The number of halogens is 1. The highest BCUT2D eigenvalue weighted by atomic mass is 35.5. The van der Waals surface area contributed by atoms with Gasteiger partial charge in [-0.1, -0.05) is 23.2 Å². The van der Waals surface area contributed by atoms with Crippen LogP contribution in [0.3, 0.4) is 0 Å². The molecule has 0 aliphatic carbocycles. The molecule has 0 unspecified atom stereocenters. The predicted octanol–water partition coefficient (Wildman–Crippen LogP) is 1.63. The SMILES string of the molecule is Cc1ccc2nc(Cl)c(N3CCNCC3)c(CC(N)=O)c2c1. The zero-order valence-electron chi connectivity index (χ0n) is 12.5. The number of primary amides is 1. The van der Waals surface area contributed by atoms with Gasteiger partial charge >= 0.3 is 0 Å². The summed E-state index contributed by atoms with van der Waals surface area (Å²) in [6.45, 7) is 5.47. The van der Waals surface area contributed by atoms with E-state index in [1.54, 1.807) is 0 Å². The fourth-order valence-corrected chi connectivity index (χ4v) is 3.29. The summed E-state index contributed by atoms with van der Waals surface area (Å²) in [5.74, 6) is -0.360. The molecule has 3 N–H and O–H groups in total. The van der Waals surface area contributed by atoms with Crippen molar-refractivity contribution in [1.82, 2.24) is 10.3 Å². The first kappa shape index (κ1) is 15.1. The summed E-state index contributed by atoms with van der Waals surface area (Å²) in [6, 6.07) is 5.97. The third-order valence-electron chi connectivity index (χ3n) is 3.96. The Morgan fingerprint density at radius 1 is 1.41 bits per heavy atom. The van der Waals surface area contributed by atoms with Crippen molar-refractivity contribution < 1.29 is 4.79 Å². The van der Waals surface area contributed by atoms with Crippen molar-refractivity contribution in [2.24, 2.45) is 5.73 Å². The van der Waals surface area contributed by atoms with Crippen molar-refractivity contribution in [1.29, 1.82) is 0 Å². The van der Waals surface area contributed by atoms with Gasteiger partial charge in [-0.3, -0.25) is 4.79 Å². The van der Waals surface area contributed by atoms with E-state index >= 15 is 0 Å². The number of fused-ring (bicyclic) bond motifs is 1. The van der Waals surface area contributed by atoms with Crippen LogP contribution < -0.4 is 16.0 Å². The summed E-state index contributed by atoms with van der Waals surface area (Å²) in [4.78, 5) is 18.3. The van der Waals surface area contributed by atoms with E-state index in [0.717, 1.165) is 53.9 Å². The number of aryl methyl sites for hydroxylation is 1. The van der Waals surface area contributed by atoms with E-state index in [0.29, 0.717) is 5.15 Å². The summed E-state index contributed by atoms with van der Waals surface area (Å²) in [6.07, 6.45) is 0.168. The van der Waals surface area contributed by atoms with Crippen molar-refractivity contribution in [3.63, 3.8) is 0 Å². The van der Waals surface area contributed by atoms with Gasteiger partial charge in [-0.15, -0.1) is 0 Å². The van der Waals surface area contributed by atoms with Crippen LogP contribution >= 0.6 is 11.6 Å². The molecule has 1 aromatic carbocycles. The molecule has 1 aliphatic rings. The van der Waals surface area contributed by atoms with Crippen LogP contribution in [0, 0.1) is 6.92 Å². The maximum Gasteiger partial charge on any atom is 0.221 e. The number of hydrogen-bond acceptors (Lipinski definition) is 4. The maximum atomic E-state index is 11.6. The molecule has 0 radical (unpaired) electrons. The number of hydrogen-bond donors (Lipinski definition) is 2. The number of amides is 1. The second-order valence-electron chi connectivity index (χ2n) is 5.63. The lowest BCUT2D eigenvalue weighted by molar-refractivity contribution is -0.117. The van der Waals surface area contributed by atoms with Gasteiger partial charge in [-0.05, 0) is 24.6 Å².